The molecule has 4 rings (SSSR count). The van der Waals surface area contributed by atoms with Crippen LogP contribution in [0.25, 0.3) is 0 Å². The van der Waals surface area contributed by atoms with Crippen molar-refractivity contribution in [2.75, 3.05) is 6.54 Å². The van der Waals surface area contributed by atoms with Gasteiger partial charge >= 0.3 is 17.8 Å². The molecule has 7 nitrogen and oxygen atoms in total. The standard InChI is InChI=1S/C24H27N3O4/c1-15-13-20(17(3)26(15)16(2)18-9-5-4-6-10-18)21(28)14-25-22(29)23(30)27(24(25)31)19-11-7-8-12-19/h4-6,9-10,13,16,19H,7-8,11-12,14H2,1-3H3/t16-/m1/s1. The molecule has 31 heavy (non-hydrogen) atoms. The van der Waals surface area contributed by atoms with Gasteiger partial charge in [0.2, 0.25) is 0 Å². The number of carbonyl (C=O) groups is 4. The van der Waals surface area contributed by atoms with Gasteiger partial charge in [-0.1, -0.05) is 43.2 Å². The first-order valence-corrected chi connectivity index (χ1v) is 10.8. The summed E-state index contributed by atoms with van der Waals surface area (Å²) in [5.74, 6) is -2.06. The van der Waals surface area contributed by atoms with E-state index in [0.717, 1.165) is 39.6 Å². The van der Waals surface area contributed by atoms with Crippen LogP contribution in [0, 0.1) is 13.8 Å². The zero-order chi connectivity index (χ0) is 22.3. The summed E-state index contributed by atoms with van der Waals surface area (Å²) in [5, 5.41) is 0. The summed E-state index contributed by atoms with van der Waals surface area (Å²) < 4.78 is 2.08. The molecule has 1 aromatic carbocycles. The Morgan fingerprint density at radius 3 is 2.32 bits per heavy atom. The summed E-state index contributed by atoms with van der Waals surface area (Å²) in [6.45, 7) is 5.44. The highest BCUT2D eigenvalue weighted by Crippen LogP contribution is 2.29. The van der Waals surface area contributed by atoms with E-state index in [1.54, 1.807) is 6.07 Å². The predicted molar refractivity (Wildman–Crippen MR) is 115 cm³/mol. The number of nitrogens with zero attached hydrogens (tertiary/aromatic N) is 3. The second kappa shape index (κ2) is 8.13. The Labute approximate surface area is 181 Å². The minimum atomic E-state index is -0.906. The number of imide groups is 2. The Morgan fingerprint density at radius 2 is 1.68 bits per heavy atom. The molecule has 0 unspecified atom stereocenters. The number of carbonyl (C=O) groups excluding carboxylic acids is 4. The van der Waals surface area contributed by atoms with Crippen molar-refractivity contribution in [3.8, 4) is 0 Å². The van der Waals surface area contributed by atoms with E-state index in [1.165, 1.54) is 0 Å². The summed E-state index contributed by atoms with van der Waals surface area (Å²) in [4.78, 5) is 52.6. The summed E-state index contributed by atoms with van der Waals surface area (Å²) in [6, 6.07) is 10.9. The molecule has 4 amide bonds. The second-order valence-corrected chi connectivity index (χ2v) is 8.45. The lowest BCUT2D eigenvalue weighted by atomic mass is 10.1. The summed E-state index contributed by atoms with van der Waals surface area (Å²) in [7, 11) is 0. The fourth-order valence-electron chi connectivity index (χ4n) is 4.91. The van der Waals surface area contributed by atoms with Crippen molar-refractivity contribution >= 4 is 23.6 Å². The topological polar surface area (TPSA) is 79.7 Å². The van der Waals surface area contributed by atoms with Crippen LogP contribution in [0.4, 0.5) is 4.79 Å². The third kappa shape index (κ3) is 3.58. The average molecular weight is 421 g/mol. The van der Waals surface area contributed by atoms with Crippen molar-refractivity contribution in [3.63, 3.8) is 0 Å². The van der Waals surface area contributed by atoms with Gasteiger partial charge in [-0.2, -0.15) is 0 Å². The first-order valence-electron chi connectivity index (χ1n) is 10.8. The smallest absolute Gasteiger partial charge is 0.334 e. The van der Waals surface area contributed by atoms with Crippen LogP contribution >= 0.6 is 0 Å². The summed E-state index contributed by atoms with van der Waals surface area (Å²) in [5.41, 5.74) is 3.27. The van der Waals surface area contributed by atoms with Gasteiger partial charge in [-0.25, -0.2) is 9.69 Å². The Hall–Kier alpha value is -3.22. The molecular formula is C24H27N3O4. The van der Waals surface area contributed by atoms with Gasteiger partial charge in [0.05, 0.1) is 12.6 Å². The lowest BCUT2D eigenvalue weighted by molar-refractivity contribution is -0.143. The van der Waals surface area contributed by atoms with E-state index < -0.39 is 24.4 Å². The Balaban J connectivity index is 1.56. The Bertz CT molecular complexity index is 1050. The molecule has 1 aliphatic heterocycles. The summed E-state index contributed by atoms with van der Waals surface area (Å²) >= 11 is 0. The molecule has 1 aliphatic carbocycles. The number of urea groups is 1. The quantitative estimate of drug-likeness (QED) is 0.405. The van der Waals surface area contributed by atoms with Crippen LogP contribution in [-0.2, 0) is 9.59 Å². The second-order valence-electron chi connectivity index (χ2n) is 8.45. The maximum Gasteiger partial charge on any atom is 0.334 e. The van der Waals surface area contributed by atoms with E-state index in [4.69, 9.17) is 0 Å². The number of rotatable bonds is 6. The van der Waals surface area contributed by atoms with Gasteiger partial charge in [0.1, 0.15) is 0 Å². The van der Waals surface area contributed by atoms with Crippen LogP contribution in [0.1, 0.15) is 66.0 Å². The molecule has 2 aromatic rings. The van der Waals surface area contributed by atoms with E-state index in [1.807, 2.05) is 44.2 Å². The van der Waals surface area contributed by atoms with Crippen LogP contribution in [-0.4, -0.2) is 50.6 Å². The largest absolute Gasteiger partial charge is 0.341 e. The van der Waals surface area contributed by atoms with E-state index >= 15 is 0 Å². The molecule has 0 N–H and O–H groups in total. The van der Waals surface area contributed by atoms with E-state index in [-0.39, 0.29) is 17.9 Å². The van der Waals surface area contributed by atoms with Gasteiger partial charge in [0.25, 0.3) is 0 Å². The fraction of sp³-hybridized carbons (Fsp3) is 0.417. The van der Waals surface area contributed by atoms with Gasteiger partial charge in [-0.05, 0) is 45.2 Å². The molecule has 1 atom stereocenters. The molecule has 7 heteroatoms. The van der Waals surface area contributed by atoms with Crippen molar-refractivity contribution in [1.82, 2.24) is 14.4 Å². The number of hydrogen-bond donors (Lipinski definition) is 0. The van der Waals surface area contributed by atoms with Crippen LogP contribution in [0.5, 0.6) is 0 Å². The predicted octanol–water partition coefficient (Wildman–Crippen LogP) is 3.63. The number of aromatic nitrogens is 1. The lowest BCUT2D eigenvalue weighted by Crippen LogP contribution is -2.41. The van der Waals surface area contributed by atoms with E-state index in [9.17, 15) is 19.2 Å². The van der Waals surface area contributed by atoms with E-state index in [0.29, 0.717) is 18.4 Å². The lowest BCUT2D eigenvalue weighted by Gasteiger charge is -2.21. The molecule has 0 spiro atoms. The molecular weight excluding hydrogens is 394 g/mol. The van der Waals surface area contributed by atoms with Crippen LogP contribution < -0.4 is 0 Å². The van der Waals surface area contributed by atoms with E-state index in [2.05, 4.69) is 11.5 Å². The zero-order valence-electron chi connectivity index (χ0n) is 18.1. The van der Waals surface area contributed by atoms with Gasteiger partial charge in [0, 0.05) is 23.0 Å². The highest BCUT2D eigenvalue weighted by molar-refractivity contribution is 6.45. The molecule has 1 saturated heterocycles. The molecule has 0 bridgehead atoms. The number of amides is 4. The number of hydrogen-bond acceptors (Lipinski definition) is 4. The van der Waals surface area contributed by atoms with Gasteiger partial charge in [-0.15, -0.1) is 0 Å². The first-order chi connectivity index (χ1) is 14.8. The van der Waals surface area contributed by atoms with Crippen molar-refractivity contribution in [3.05, 3.63) is 58.9 Å². The molecule has 1 aromatic heterocycles. The Kier molecular flexibility index (Phi) is 5.52. The molecule has 2 heterocycles. The molecule has 1 saturated carbocycles. The van der Waals surface area contributed by atoms with Crippen molar-refractivity contribution < 1.29 is 19.2 Å². The fourth-order valence-corrected chi connectivity index (χ4v) is 4.91. The molecule has 162 valence electrons. The molecule has 2 fully saturated rings. The number of benzene rings is 1. The monoisotopic (exact) mass is 421 g/mol. The number of Topliss-reactive ketones (excluding diaryl/α,β-unsaturated/α-hetero) is 1. The summed E-state index contributed by atoms with van der Waals surface area (Å²) in [6.07, 6.45) is 3.29. The highest BCUT2D eigenvalue weighted by atomic mass is 16.2. The first kappa shape index (κ1) is 21.0. The minimum absolute atomic E-state index is 0.0252. The van der Waals surface area contributed by atoms with Gasteiger partial charge < -0.3 is 4.57 Å². The molecule has 0 radical (unpaired) electrons. The van der Waals surface area contributed by atoms with Crippen LogP contribution in [0.3, 0.4) is 0 Å². The highest BCUT2D eigenvalue weighted by Gasteiger charge is 2.48. The maximum atomic E-state index is 13.1. The van der Waals surface area contributed by atoms with Crippen molar-refractivity contribution in [2.45, 2.75) is 58.5 Å². The third-order valence-corrected chi connectivity index (χ3v) is 6.53. The Morgan fingerprint density at radius 1 is 1.03 bits per heavy atom. The normalized spacial score (nSPS) is 18.4. The zero-order valence-corrected chi connectivity index (χ0v) is 18.1. The number of ketones is 1. The number of aryl methyl sites for hydroxylation is 1. The van der Waals surface area contributed by atoms with Gasteiger partial charge in [-0.3, -0.25) is 19.3 Å². The molecule has 2 aliphatic rings. The minimum Gasteiger partial charge on any atom is -0.341 e. The average Bonchev–Trinajstić information content (AvgIpc) is 3.43. The SMILES string of the molecule is Cc1cc(C(=O)CN2C(=O)C(=O)N(C3CCCC3)C2=O)c(C)n1[C@H](C)c1ccccc1. The van der Waals surface area contributed by atoms with Gasteiger partial charge in [0.15, 0.2) is 5.78 Å². The van der Waals surface area contributed by atoms with Crippen LogP contribution in [0.15, 0.2) is 36.4 Å². The maximum absolute atomic E-state index is 13.1. The van der Waals surface area contributed by atoms with Crippen molar-refractivity contribution in [2.24, 2.45) is 0 Å². The third-order valence-electron chi connectivity index (χ3n) is 6.53. The van der Waals surface area contributed by atoms with Crippen LogP contribution in [0.2, 0.25) is 0 Å². The van der Waals surface area contributed by atoms with Crippen molar-refractivity contribution in [1.29, 1.82) is 0 Å².